The summed E-state index contributed by atoms with van der Waals surface area (Å²) in [5.41, 5.74) is 0.214. The van der Waals surface area contributed by atoms with E-state index in [0.29, 0.717) is 17.5 Å². The summed E-state index contributed by atoms with van der Waals surface area (Å²) in [5.74, 6) is -0.111. The molecule has 0 atom stereocenters. The normalized spacial score (nSPS) is 20.4. The van der Waals surface area contributed by atoms with Gasteiger partial charge in [-0.1, -0.05) is 13.8 Å². The van der Waals surface area contributed by atoms with E-state index in [1.54, 1.807) is 0 Å². The van der Waals surface area contributed by atoms with Crippen molar-refractivity contribution in [1.82, 2.24) is 5.32 Å². The molecule has 1 aliphatic carbocycles. The Morgan fingerprint density at radius 2 is 1.75 bits per heavy atom. The highest BCUT2D eigenvalue weighted by Crippen LogP contribution is 2.39. The molecular formula is C16H22INO2. The number of halogens is 1. The van der Waals surface area contributed by atoms with Crippen molar-refractivity contribution in [3.05, 3.63) is 33.4 Å². The summed E-state index contributed by atoms with van der Waals surface area (Å²) in [6, 6.07) is 7.44. The lowest BCUT2D eigenvalue weighted by atomic mass is 9.71. The SMILES string of the molecule is CC1(C)CCC(O)(CNC(=O)c2ccc(I)cc2)CC1. The molecule has 1 aromatic carbocycles. The minimum atomic E-state index is -0.742. The maximum atomic E-state index is 12.0. The second-order valence-electron chi connectivity index (χ2n) is 6.58. The van der Waals surface area contributed by atoms with E-state index in [2.05, 4.69) is 41.8 Å². The van der Waals surface area contributed by atoms with Crippen molar-refractivity contribution in [3.8, 4) is 0 Å². The summed E-state index contributed by atoms with van der Waals surface area (Å²) in [7, 11) is 0. The smallest absolute Gasteiger partial charge is 0.251 e. The van der Waals surface area contributed by atoms with Gasteiger partial charge in [-0.25, -0.2) is 0 Å². The third-order valence-corrected chi connectivity index (χ3v) is 4.94. The lowest BCUT2D eigenvalue weighted by Gasteiger charge is -2.40. The Morgan fingerprint density at radius 3 is 2.30 bits per heavy atom. The molecule has 1 aliphatic rings. The number of hydrogen-bond acceptors (Lipinski definition) is 2. The van der Waals surface area contributed by atoms with Crippen molar-refractivity contribution in [2.75, 3.05) is 6.54 Å². The molecule has 0 aliphatic heterocycles. The molecule has 2 N–H and O–H groups in total. The van der Waals surface area contributed by atoms with Crippen molar-refractivity contribution >= 4 is 28.5 Å². The summed E-state index contributed by atoms with van der Waals surface area (Å²) >= 11 is 2.21. The second-order valence-corrected chi connectivity index (χ2v) is 7.82. The van der Waals surface area contributed by atoms with Crippen LogP contribution >= 0.6 is 22.6 Å². The van der Waals surface area contributed by atoms with E-state index in [-0.39, 0.29) is 5.91 Å². The predicted octanol–water partition coefficient (Wildman–Crippen LogP) is 3.35. The molecule has 20 heavy (non-hydrogen) atoms. The Kier molecular flexibility index (Phi) is 4.74. The molecule has 1 fully saturated rings. The van der Waals surface area contributed by atoms with Crippen molar-refractivity contribution < 1.29 is 9.90 Å². The number of nitrogens with one attached hydrogen (secondary N) is 1. The van der Waals surface area contributed by atoms with Crippen molar-refractivity contribution in [2.24, 2.45) is 5.41 Å². The van der Waals surface area contributed by atoms with Gasteiger partial charge in [-0.3, -0.25) is 4.79 Å². The number of carbonyl (C=O) groups excluding carboxylic acids is 1. The summed E-state index contributed by atoms with van der Waals surface area (Å²) < 4.78 is 1.10. The molecule has 1 amide bonds. The van der Waals surface area contributed by atoms with Crippen molar-refractivity contribution in [1.29, 1.82) is 0 Å². The van der Waals surface area contributed by atoms with Gasteiger partial charge in [0.2, 0.25) is 0 Å². The molecule has 0 heterocycles. The van der Waals surface area contributed by atoms with Gasteiger partial charge in [0.25, 0.3) is 5.91 Å². The lowest BCUT2D eigenvalue weighted by molar-refractivity contribution is -0.0233. The molecule has 0 unspecified atom stereocenters. The fraction of sp³-hybridized carbons (Fsp3) is 0.562. The first-order chi connectivity index (χ1) is 9.30. The standard InChI is InChI=1S/C16H22INO2/c1-15(2)7-9-16(20,10-8-15)11-18-14(19)12-3-5-13(17)6-4-12/h3-6,20H,7-11H2,1-2H3,(H,18,19). The Morgan fingerprint density at radius 1 is 1.20 bits per heavy atom. The summed E-state index contributed by atoms with van der Waals surface area (Å²) in [6.45, 7) is 4.81. The first kappa shape index (κ1) is 15.8. The van der Waals surface area contributed by atoms with E-state index < -0.39 is 5.60 Å². The minimum absolute atomic E-state index is 0.111. The van der Waals surface area contributed by atoms with Crippen LogP contribution in [-0.4, -0.2) is 23.2 Å². The van der Waals surface area contributed by atoms with Crippen molar-refractivity contribution in [3.63, 3.8) is 0 Å². The quantitative estimate of drug-likeness (QED) is 0.782. The maximum Gasteiger partial charge on any atom is 0.251 e. The number of benzene rings is 1. The summed E-state index contributed by atoms with van der Waals surface area (Å²) in [6.07, 6.45) is 3.52. The minimum Gasteiger partial charge on any atom is -0.388 e. The van der Waals surface area contributed by atoms with E-state index in [9.17, 15) is 9.90 Å². The number of amides is 1. The molecule has 1 aromatic rings. The van der Waals surface area contributed by atoms with E-state index in [1.807, 2.05) is 24.3 Å². The molecule has 0 spiro atoms. The van der Waals surface area contributed by atoms with Gasteiger partial charge < -0.3 is 10.4 Å². The topological polar surface area (TPSA) is 49.3 Å². The third kappa shape index (κ3) is 4.19. The van der Waals surface area contributed by atoms with E-state index >= 15 is 0 Å². The van der Waals surface area contributed by atoms with Gasteiger partial charge in [-0.05, 0) is 78.0 Å². The van der Waals surface area contributed by atoms with Crippen LogP contribution in [-0.2, 0) is 0 Å². The Bertz CT molecular complexity index is 472. The molecule has 0 radical (unpaired) electrons. The number of aliphatic hydroxyl groups is 1. The van der Waals surface area contributed by atoms with Gasteiger partial charge in [0, 0.05) is 15.7 Å². The lowest BCUT2D eigenvalue weighted by Crippen LogP contribution is -2.46. The zero-order valence-electron chi connectivity index (χ0n) is 12.1. The van der Waals surface area contributed by atoms with Gasteiger partial charge in [-0.15, -0.1) is 0 Å². The molecule has 4 heteroatoms. The number of hydrogen-bond donors (Lipinski definition) is 2. The van der Waals surface area contributed by atoms with Gasteiger partial charge in [0.05, 0.1) is 5.60 Å². The largest absolute Gasteiger partial charge is 0.388 e. The Hall–Kier alpha value is -0.620. The van der Waals surface area contributed by atoms with Crippen LogP contribution in [0.2, 0.25) is 0 Å². The van der Waals surface area contributed by atoms with Gasteiger partial charge in [0.1, 0.15) is 0 Å². The van der Waals surface area contributed by atoms with Crippen LogP contribution in [0.25, 0.3) is 0 Å². The number of rotatable bonds is 3. The van der Waals surface area contributed by atoms with Crippen LogP contribution in [0.1, 0.15) is 49.9 Å². The van der Waals surface area contributed by atoms with Crippen LogP contribution in [0.5, 0.6) is 0 Å². The third-order valence-electron chi connectivity index (χ3n) is 4.22. The highest BCUT2D eigenvalue weighted by molar-refractivity contribution is 14.1. The molecule has 1 saturated carbocycles. The summed E-state index contributed by atoms with van der Waals surface area (Å²) in [5, 5.41) is 13.4. The highest BCUT2D eigenvalue weighted by atomic mass is 127. The van der Waals surface area contributed by atoms with Crippen molar-refractivity contribution in [2.45, 2.75) is 45.1 Å². The fourth-order valence-electron chi connectivity index (χ4n) is 2.52. The van der Waals surface area contributed by atoms with Gasteiger partial charge >= 0.3 is 0 Å². The molecule has 0 aromatic heterocycles. The first-order valence-electron chi connectivity index (χ1n) is 7.06. The molecule has 2 rings (SSSR count). The molecule has 3 nitrogen and oxygen atoms in total. The highest BCUT2D eigenvalue weighted by Gasteiger charge is 2.36. The van der Waals surface area contributed by atoms with E-state index in [0.717, 1.165) is 29.3 Å². The molecule has 0 saturated heterocycles. The monoisotopic (exact) mass is 387 g/mol. The zero-order valence-corrected chi connectivity index (χ0v) is 14.2. The Labute approximate surface area is 134 Å². The van der Waals surface area contributed by atoms with Crippen LogP contribution < -0.4 is 5.32 Å². The maximum absolute atomic E-state index is 12.0. The van der Waals surface area contributed by atoms with Crippen LogP contribution in [0.3, 0.4) is 0 Å². The molecule has 0 bridgehead atoms. The van der Waals surface area contributed by atoms with Gasteiger partial charge in [-0.2, -0.15) is 0 Å². The van der Waals surface area contributed by atoms with E-state index in [4.69, 9.17) is 0 Å². The molecule has 110 valence electrons. The van der Waals surface area contributed by atoms with E-state index in [1.165, 1.54) is 0 Å². The van der Waals surface area contributed by atoms with Crippen LogP contribution in [0, 0.1) is 8.99 Å². The Balaban J connectivity index is 1.89. The molecular weight excluding hydrogens is 365 g/mol. The second kappa shape index (κ2) is 6.02. The van der Waals surface area contributed by atoms with Crippen LogP contribution in [0.15, 0.2) is 24.3 Å². The van der Waals surface area contributed by atoms with Gasteiger partial charge in [0.15, 0.2) is 0 Å². The average molecular weight is 387 g/mol. The predicted molar refractivity (Wildman–Crippen MR) is 88.7 cm³/mol. The fourth-order valence-corrected chi connectivity index (χ4v) is 2.88. The number of carbonyl (C=O) groups is 1. The van der Waals surface area contributed by atoms with Crippen LogP contribution in [0.4, 0.5) is 0 Å². The summed E-state index contributed by atoms with van der Waals surface area (Å²) in [4.78, 5) is 12.0. The first-order valence-corrected chi connectivity index (χ1v) is 8.14. The zero-order chi connectivity index (χ0) is 14.8. The average Bonchev–Trinajstić information content (AvgIpc) is 2.41.